The highest BCUT2D eigenvalue weighted by atomic mass is 16.5. The second-order valence-electron chi connectivity index (χ2n) is 4.21. The standard InChI is InChI=1S/C14H16N4O3/c1-2-21-13(19)11-10(8-16-15)17-14(20)18-12(11)9-6-4-3-5-7-9/h3-7,16H,2,8,15H2,1H3,(H,17,18,20). The molecule has 0 aliphatic carbocycles. The first-order valence-electron chi connectivity index (χ1n) is 6.46. The fourth-order valence-corrected chi connectivity index (χ4v) is 1.98. The van der Waals surface area contributed by atoms with Gasteiger partial charge in [-0.1, -0.05) is 30.3 Å². The average Bonchev–Trinajstić information content (AvgIpc) is 2.48. The van der Waals surface area contributed by atoms with Crippen molar-refractivity contribution in [1.82, 2.24) is 15.4 Å². The lowest BCUT2D eigenvalue weighted by Gasteiger charge is -2.12. The van der Waals surface area contributed by atoms with Crippen LogP contribution in [0.3, 0.4) is 0 Å². The molecule has 0 bridgehead atoms. The molecule has 1 aromatic heterocycles. The molecule has 0 saturated carbocycles. The van der Waals surface area contributed by atoms with Crippen molar-refractivity contribution in [2.75, 3.05) is 6.61 Å². The second kappa shape index (κ2) is 6.78. The highest BCUT2D eigenvalue weighted by molar-refractivity contribution is 5.97. The summed E-state index contributed by atoms with van der Waals surface area (Å²) in [5.41, 5.74) is 3.36. The molecular formula is C14H16N4O3. The van der Waals surface area contributed by atoms with Crippen LogP contribution in [-0.2, 0) is 11.3 Å². The van der Waals surface area contributed by atoms with E-state index in [4.69, 9.17) is 10.6 Å². The summed E-state index contributed by atoms with van der Waals surface area (Å²) in [5.74, 6) is 4.75. The normalized spacial score (nSPS) is 10.4. The maximum Gasteiger partial charge on any atom is 0.345 e. The van der Waals surface area contributed by atoms with E-state index in [9.17, 15) is 9.59 Å². The predicted molar refractivity (Wildman–Crippen MR) is 77.3 cm³/mol. The van der Waals surface area contributed by atoms with E-state index in [-0.39, 0.29) is 24.4 Å². The number of carbonyl (C=O) groups excluding carboxylic acids is 1. The molecule has 0 atom stereocenters. The first-order valence-corrected chi connectivity index (χ1v) is 6.46. The van der Waals surface area contributed by atoms with Gasteiger partial charge in [0.1, 0.15) is 5.56 Å². The van der Waals surface area contributed by atoms with Gasteiger partial charge in [0, 0.05) is 5.56 Å². The number of ether oxygens (including phenoxy) is 1. The SMILES string of the molecule is CCOC(=O)c1c(-c2ccccc2)nc(=O)[nH]c1CNN. The van der Waals surface area contributed by atoms with Crippen molar-refractivity contribution in [2.24, 2.45) is 5.84 Å². The van der Waals surface area contributed by atoms with Crippen molar-refractivity contribution in [3.63, 3.8) is 0 Å². The van der Waals surface area contributed by atoms with E-state index in [1.807, 2.05) is 6.07 Å². The summed E-state index contributed by atoms with van der Waals surface area (Å²) in [6, 6.07) is 8.97. The Kier molecular flexibility index (Phi) is 4.81. The fraction of sp³-hybridized carbons (Fsp3) is 0.214. The van der Waals surface area contributed by atoms with Gasteiger partial charge in [-0.25, -0.2) is 9.59 Å². The zero-order valence-corrected chi connectivity index (χ0v) is 11.6. The average molecular weight is 288 g/mol. The molecule has 110 valence electrons. The Hall–Kier alpha value is -2.51. The van der Waals surface area contributed by atoms with Gasteiger partial charge in [-0.15, -0.1) is 0 Å². The quantitative estimate of drug-likeness (QED) is 0.421. The van der Waals surface area contributed by atoms with Gasteiger partial charge in [0.15, 0.2) is 0 Å². The Morgan fingerprint density at radius 3 is 2.71 bits per heavy atom. The van der Waals surface area contributed by atoms with E-state index in [2.05, 4.69) is 15.4 Å². The zero-order chi connectivity index (χ0) is 15.2. The van der Waals surface area contributed by atoms with Gasteiger partial charge in [0.05, 0.1) is 24.5 Å². The molecule has 0 unspecified atom stereocenters. The molecule has 0 aliphatic rings. The highest BCUT2D eigenvalue weighted by Gasteiger charge is 2.21. The van der Waals surface area contributed by atoms with Crippen molar-refractivity contribution >= 4 is 5.97 Å². The van der Waals surface area contributed by atoms with E-state index < -0.39 is 11.7 Å². The molecule has 7 heteroatoms. The van der Waals surface area contributed by atoms with Gasteiger partial charge >= 0.3 is 11.7 Å². The Bertz CT molecular complexity index is 682. The number of hydrazine groups is 1. The van der Waals surface area contributed by atoms with Crippen LogP contribution in [-0.4, -0.2) is 22.5 Å². The third-order valence-corrected chi connectivity index (χ3v) is 2.82. The van der Waals surface area contributed by atoms with Crippen molar-refractivity contribution < 1.29 is 9.53 Å². The van der Waals surface area contributed by atoms with Crippen LogP contribution in [0.15, 0.2) is 35.1 Å². The Labute approximate surface area is 121 Å². The van der Waals surface area contributed by atoms with E-state index in [1.54, 1.807) is 31.2 Å². The van der Waals surface area contributed by atoms with Crippen LogP contribution < -0.4 is 17.0 Å². The number of nitrogens with two attached hydrogens (primary N) is 1. The summed E-state index contributed by atoms with van der Waals surface area (Å²) >= 11 is 0. The third-order valence-electron chi connectivity index (χ3n) is 2.82. The largest absolute Gasteiger partial charge is 0.462 e. The predicted octanol–water partition coefficient (Wildman–Crippen LogP) is 0.577. The van der Waals surface area contributed by atoms with Crippen molar-refractivity contribution in [1.29, 1.82) is 0 Å². The number of aromatic nitrogens is 2. The van der Waals surface area contributed by atoms with Gasteiger partial charge in [-0.05, 0) is 6.92 Å². The monoisotopic (exact) mass is 288 g/mol. The number of H-pyrrole nitrogens is 1. The summed E-state index contributed by atoms with van der Waals surface area (Å²) in [7, 11) is 0. The summed E-state index contributed by atoms with van der Waals surface area (Å²) in [4.78, 5) is 30.3. The van der Waals surface area contributed by atoms with Gasteiger partial charge in [-0.2, -0.15) is 4.98 Å². The maximum atomic E-state index is 12.2. The van der Waals surface area contributed by atoms with Gasteiger partial charge in [0.25, 0.3) is 0 Å². The smallest absolute Gasteiger partial charge is 0.345 e. The number of benzene rings is 1. The van der Waals surface area contributed by atoms with Gasteiger partial charge < -0.3 is 9.72 Å². The van der Waals surface area contributed by atoms with Crippen LogP contribution in [0.4, 0.5) is 0 Å². The molecule has 7 nitrogen and oxygen atoms in total. The van der Waals surface area contributed by atoms with Crippen LogP contribution in [0.5, 0.6) is 0 Å². The summed E-state index contributed by atoms with van der Waals surface area (Å²) in [6.45, 7) is 2.05. The number of esters is 1. The molecule has 0 aliphatic heterocycles. The van der Waals surface area contributed by atoms with Gasteiger partial charge in [-0.3, -0.25) is 11.3 Å². The molecule has 4 N–H and O–H groups in total. The van der Waals surface area contributed by atoms with E-state index in [1.165, 1.54) is 0 Å². The Morgan fingerprint density at radius 2 is 2.10 bits per heavy atom. The minimum Gasteiger partial charge on any atom is -0.462 e. The molecule has 0 radical (unpaired) electrons. The molecule has 2 aromatic rings. The zero-order valence-electron chi connectivity index (χ0n) is 11.6. The number of hydrogen-bond donors (Lipinski definition) is 3. The van der Waals surface area contributed by atoms with Crippen molar-refractivity contribution in [3.05, 3.63) is 52.1 Å². The molecule has 0 saturated heterocycles. The number of carbonyl (C=O) groups is 1. The highest BCUT2D eigenvalue weighted by Crippen LogP contribution is 2.22. The second-order valence-corrected chi connectivity index (χ2v) is 4.21. The molecule has 2 rings (SSSR count). The Balaban J connectivity index is 2.67. The molecule has 0 amide bonds. The third kappa shape index (κ3) is 3.33. The van der Waals surface area contributed by atoms with Crippen molar-refractivity contribution in [3.8, 4) is 11.3 Å². The molecule has 0 fully saturated rings. The summed E-state index contributed by atoms with van der Waals surface area (Å²) in [6.07, 6.45) is 0. The molecule has 1 heterocycles. The first-order chi connectivity index (χ1) is 10.2. The van der Waals surface area contributed by atoms with Crippen LogP contribution in [0.25, 0.3) is 11.3 Å². The van der Waals surface area contributed by atoms with Gasteiger partial charge in [0.2, 0.25) is 0 Å². The lowest BCUT2D eigenvalue weighted by atomic mass is 10.0. The fourth-order valence-electron chi connectivity index (χ4n) is 1.98. The Morgan fingerprint density at radius 1 is 1.38 bits per heavy atom. The molecule has 0 spiro atoms. The summed E-state index contributed by atoms with van der Waals surface area (Å²) < 4.78 is 5.05. The minimum absolute atomic E-state index is 0.117. The van der Waals surface area contributed by atoms with E-state index in [0.29, 0.717) is 11.3 Å². The van der Waals surface area contributed by atoms with Crippen LogP contribution in [0, 0.1) is 0 Å². The van der Waals surface area contributed by atoms with Crippen molar-refractivity contribution in [2.45, 2.75) is 13.5 Å². The molecule has 1 aromatic carbocycles. The minimum atomic E-state index is -0.551. The van der Waals surface area contributed by atoms with E-state index in [0.717, 1.165) is 0 Å². The topological polar surface area (TPSA) is 110 Å². The van der Waals surface area contributed by atoms with Crippen LogP contribution in [0.1, 0.15) is 23.0 Å². The number of hydrogen-bond acceptors (Lipinski definition) is 6. The van der Waals surface area contributed by atoms with Crippen LogP contribution in [0.2, 0.25) is 0 Å². The maximum absolute atomic E-state index is 12.2. The number of nitrogens with one attached hydrogen (secondary N) is 2. The first kappa shape index (κ1) is 14.9. The van der Waals surface area contributed by atoms with E-state index >= 15 is 0 Å². The van der Waals surface area contributed by atoms with Crippen LogP contribution >= 0.6 is 0 Å². The number of aromatic amines is 1. The summed E-state index contributed by atoms with van der Waals surface area (Å²) in [5, 5.41) is 0. The molecular weight excluding hydrogens is 272 g/mol. The lowest BCUT2D eigenvalue weighted by molar-refractivity contribution is 0.0524. The molecule has 21 heavy (non-hydrogen) atoms. The lowest BCUT2D eigenvalue weighted by Crippen LogP contribution is -2.28. The number of rotatable bonds is 5. The number of nitrogens with zero attached hydrogens (tertiary/aromatic N) is 1.